The van der Waals surface area contributed by atoms with Crippen molar-refractivity contribution in [3.63, 3.8) is 0 Å². The van der Waals surface area contributed by atoms with E-state index in [0.29, 0.717) is 41.7 Å². The molecule has 2 fully saturated rings. The highest BCUT2D eigenvalue weighted by atomic mass is 16.3. The number of fused-ring (bicyclic) bond motifs is 5. The highest BCUT2D eigenvalue weighted by Crippen LogP contribution is 2.63. The molecule has 2 N–H and O–H groups in total. The molecule has 1 aromatic carbocycles. The van der Waals surface area contributed by atoms with Gasteiger partial charge in [-0.15, -0.1) is 0 Å². The minimum atomic E-state index is -0.141. The van der Waals surface area contributed by atoms with Crippen LogP contribution in [0.5, 0.6) is 5.75 Å². The quantitative estimate of drug-likeness (QED) is 0.242. The van der Waals surface area contributed by atoms with E-state index in [9.17, 15) is 15.0 Å². The van der Waals surface area contributed by atoms with Crippen molar-refractivity contribution in [3.8, 4) is 5.75 Å². The number of hydrogen-bond donors (Lipinski definition) is 2. The van der Waals surface area contributed by atoms with Crippen molar-refractivity contribution >= 4 is 5.91 Å². The van der Waals surface area contributed by atoms with Gasteiger partial charge in [-0.2, -0.15) is 0 Å². The second-order valence-electron chi connectivity index (χ2n) is 13.3. The average molecular weight is 526 g/mol. The number of amides is 1. The first-order valence-corrected chi connectivity index (χ1v) is 16.1. The fraction of sp³-hybridized carbons (Fsp3) is 0.794. The Morgan fingerprint density at radius 3 is 2.47 bits per heavy atom. The Balaban J connectivity index is 1.15. The SMILES string of the molecule is CCCCN(C)C(=O)CCCCCCCCCC[C@@H]1C[C@H](O)[C@@]2(C)CCC3c4ccc(O)cc4CCC3C12. The number of carbonyl (C=O) groups excluding carboxylic acids is 1. The molecule has 0 bridgehead atoms. The van der Waals surface area contributed by atoms with Gasteiger partial charge in [0.05, 0.1) is 6.10 Å². The molecule has 4 nitrogen and oxygen atoms in total. The van der Waals surface area contributed by atoms with Crippen LogP contribution in [0.25, 0.3) is 0 Å². The van der Waals surface area contributed by atoms with Crippen LogP contribution in [-0.2, 0) is 11.2 Å². The van der Waals surface area contributed by atoms with E-state index in [0.717, 1.165) is 45.1 Å². The van der Waals surface area contributed by atoms with E-state index in [2.05, 4.69) is 19.9 Å². The van der Waals surface area contributed by atoms with Gasteiger partial charge in [-0.1, -0.05) is 77.7 Å². The van der Waals surface area contributed by atoms with Crippen LogP contribution in [0.2, 0.25) is 0 Å². The predicted octanol–water partition coefficient (Wildman–Crippen LogP) is 7.99. The Kier molecular flexibility index (Phi) is 10.6. The molecular weight excluding hydrogens is 470 g/mol. The van der Waals surface area contributed by atoms with Crippen LogP contribution in [-0.4, -0.2) is 40.7 Å². The summed E-state index contributed by atoms with van der Waals surface area (Å²) in [6.45, 7) is 5.46. The standard InChI is InChI=1S/C34H55NO3/c1-4-5-22-35(3)32(38)15-13-11-9-7-6-8-10-12-14-26-24-31(37)34(2)21-20-29-28-19-17-27(36)23-25(28)16-18-30(29)33(26)34/h17,19,23,26,29-31,33,36-37H,4-16,18,20-22,24H2,1-3H3/t26-,29?,30?,31+,33?,34-/m1/s1. The third-order valence-electron chi connectivity index (χ3n) is 10.8. The smallest absolute Gasteiger partial charge is 0.222 e. The van der Waals surface area contributed by atoms with Crippen molar-refractivity contribution in [2.75, 3.05) is 13.6 Å². The predicted molar refractivity (Wildman–Crippen MR) is 156 cm³/mol. The second kappa shape index (κ2) is 13.7. The number of rotatable bonds is 14. The van der Waals surface area contributed by atoms with Crippen molar-refractivity contribution in [1.82, 2.24) is 4.90 Å². The number of unbranched alkanes of at least 4 members (excludes halogenated alkanes) is 8. The monoisotopic (exact) mass is 525 g/mol. The van der Waals surface area contributed by atoms with Gasteiger partial charge in [-0.3, -0.25) is 4.79 Å². The molecule has 0 radical (unpaired) electrons. The maximum absolute atomic E-state index is 12.1. The summed E-state index contributed by atoms with van der Waals surface area (Å²) in [6.07, 6.45) is 19.7. The summed E-state index contributed by atoms with van der Waals surface area (Å²) in [5, 5.41) is 21.1. The summed E-state index contributed by atoms with van der Waals surface area (Å²) < 4.78 is 0. The summed E-state index contributed by atoms with van der Waals surface area (Å²) in [7, 11) is 1.94. The Morgan fingerprint density at radius 1 is 1.03 bits per heavy atom. The van der Waals surface area contributed by atoms with E-state index in [-0.39, 0.29) is 11.5 Å². The summed E-state index contributed by atoms with van der Waals surface area (Å²) in [5.41, 5.74) is 2.93. The molecule has 0 heterocycles. The Hall–Kier alpha value is -1.55. The molecule has 6 atom stereocenters. The lowest BCUT2D eigenvalue weighted by Crippen LogP contribution is -2.45. The van der Waals surface area contributed by atoms with Gasteiger partial charge in [0.1, 0.15) is 5.75 Å². The second-order valence-corrected chi connectivity index (χ2v) is 13.3. The largest absolute Gasteiger partial charge is 0.508 e. The zero-order valence-corrected chi connectivity index (χ0v) is 24.6. The molecular formula is C34H55NO3. The molecule has 3 aliphatic carbocycles. The lowest BCUT2D eigenvalue weighted by Gasteiger charge is -2.51. The lowest BCUT2D eigenvalue weighted by atomic mass is 9.53. The Morgan fingerprint density at radius 2 is 1.74 bits per heavy atom. The topological polar surface area (TPSA) is 60.8 Å². The third-order valence-corrected chi connectivity index (χ3v) is 10.8. The molecule has 3 unspecified atom stereocenters. The van der Waals surface area contributed by atoms with E-state index in [1.54, 1.807) is 0 Å². The molecule has 4 heteroatoms. The molecule has 1 amide bonds. The molecule has 4 rings (SSSR count). The number of hydrogen-bond acceptors (Lipinski definition) is 3. The molecule has 2 saturated carbocycles. The maximum atomic E-state index is 12.1. The number of nitrogens with zero attached hydrogens (tertiary/aromatic N) is 1. The van der Waals surface area contributed by atoms with Crippen molar-refractivity contribution in [2.45, 2.75) is 135 Å². The molecule has 0 aromatic heterocycles. The Labute approximate surface area is 232 Å². The number of phenols is 1. The van der Waals surface area contributed by atoms with Gasteiger partial charge in [0, 0.05) is 20.0 Å². The summed E-state index contributed by atoms with van der Waals surface area (Å²) >= 11 is 0. The minimum absolute atomic E-state index is 0.0897. The minimum Gasteiger partial charge on any atom is -0.508 e. The van der Waals surface area contributed by atoms with Gasteiger partial charge >= 0.3 is 0 Å². The summed E-state index contributed by atoms with van der Waals surface area (Å²) in [6, 6.07) is 6.06. The number of aromatic hydroxyl groups is 1. The van der Waals surface area contributed by atoms with Gasteiger partial charge in [0.25, 0.3) is 0 Å². The fourth-order valence-electron chi connectivity index (χ4n) is 8.58. The maximum Gasteiger partial charge on any atom is 0.222 e. The summed E-state index contributed by atoms with van der Waals surface area (Å²) in [4.78, 5) is 14.0. The van der Waals surface area contributed by atoms with E-state index in [4.69, 9.17) is 0 Å². The zero-order chi connectivity index (χ0) is 27.1. The third kappa shape index (κ3) is 6.77. The molecule has 3 aliphatic rings. The number of benzene rings is 1. The van der Waals surface area contributed by atoms with Crippen LogP contribution >= 0.6 is 0 Å². The molecule has 0 aliphatic heterocycles. The van der Waals surface area contributed by atoms with Crippen LogP contribution in [0.4, 0.5) is 0 Å². The van der Waals surface area contributed by atoms with E-state index in [1.165, 1.54) is 75.3 Å². The average Bonchev–Trinajstić information content (AvgIpc) is 3.17. The molecule has 0 spiro atoms. The number of phenolic OH excluding ortho intramolecular Hbond substituents is 1. The van der Waals surface area contributed by atoms with E-state index in [1.807, 2.05) is 24.1 Å². The zero-order valence-electron chi connectivity index (χ0n) is 24.6. The van der Waals surface area contributed by atoms with Crippen LogP contribution in [0.15, 0.2) is 18.2 Å². The van der Waals surface area contributed by atoms with Gasteiger partial charge in [-0.05, 0) is 97.3 Å². The number of aliphatic hydroxyl groups excluding tert-OH is 1. The van der Waals surface area contributed by atoms with E-state index < -0.39 is 0 Å². The van der Waals surface area contributed by atoms with Crippen LogP contribution in [0.1, 0.15) is 134 Å². The molecule has 38 heavy (non-hydrogen) atoms. The fourth-order valence-corrected chi connectivity index (χ4v) is 8.58. The number of carbonyl (C=O) groups is 1. The van der Waals surface area contributed by atoms with Crippen molar-refractivity contribution in [3.05, 3.63) is 29.3 Å². The van der Waals surface area contributed by atoms with Crippen molar-refractivity contribution in [2.24, 2.45) is 23.2 Å². The van der Waals surface area contributed by atoms with Crippen LogP contribution in [0.3, 0.4) is 0 Å². The van der Waals surface area contributed by atoms with Crippen molar-refractivity contribution < 1.29 is 15.0 Å². The highest BCUT2D eigenvalue weighted by Gasteiger charge is 2.58. The van der Waals surface area contributed by atoms with Gasteiger partial charge in [0.2, 0.25) is 5.91 Å². The van der Waals surface area contributed by atoms with Crippen molar-refractivity contribution in [1.29, 1.82) is 0 Å². The first-order chi connectivity index (χ1) is 18.3. The highest BCUT2D eigenvalue weighted by molar-refractivity contribution is 5.75. The van der Waals surface area contributed by atoms with Crippen LogP contribution in [0, 0.1) is 23.2 Å². The summed E-state index contributed by atoms with van der Waals surface area (Å²) in [5.74, 6) is 3.31. The van der Waals surface area contributed by atoms with Gasteiger partial charge in [0.15, 0.2) is 0 Å². The van der Waals surface area contributed by atoms with Gasteiger partial charge in [-0.25, -0.2) is 0 Å². The normalized spacial score (nSPS) is 29.9. The van der Waals surface area contributed by atoms with E-state index >= 15 is 0 Å². The number of aliphatic hydroxyl groups is 1. The number of aryl methyl sites for hydroxylation is 1. The lowest BCUT2D eigenvalue weighted by molar-refractivity contribution is -0.130. The first-order valence-electron chi connectivity index (χ1n) is 16.1. The van der Waals surface area contributed by atoms with Crippen LogP contribution < -0.4 is 0 Å². The van der Waals surface area contributed by atoms with Gasteiger partial charge < -0.3 is 15.1 Å². The molecule has 214 valence electrons. The molecule has 0 saturated heterocycles. The Bertz CT molecular complexity index is 900. The first kappa shape index (κ1) is 29.4. The molecule has 1 aromatic rings.